The van der Waals surface area contributed by atoms with Crippen molar-refractivity contribution in [2.24, 2.45) is 0 Å². The van der Waals surface area contributed by atoms with Gasteiger partial charge in [0.15, 0.2) is 0 Å². The summed E-state index contributed by atoms with van der Waals surface area (Å²) in [4.78, 5) is 9.10. The minimum absolute atomic E-state index is 0. The fourth-order valence-electron chi connectivity index (χ4n) is 1.17. The minimum atomic E-state index is -4.60. The third kappa shape index (κ3) is 6.13. The summed E-state index contributed by atoms with van der Waals surface area (Å²) >= 11 is 0. The summed E-state index contributed by atoms with van der Waals surface area (Å²) in [6.07, 6.45) is 0. The molecule has 11 heteroatoms. The quantitative estimate of drug-likeness (QED) is 0.242. The van der Waals surface area contributed by atoms with Crippen LogP contribution in [0.3, 0.4) is 0 Å². The Hall–Kier alpha value is -0.750. The Labute approximate surface area is 137 Å². The van der Waals surface area contributed by atoms with Crippen LogP contribution in [0, 0.1) is 10.1 Å². The van der Waals surface area contributed by atoms with E-state index in [9.17, 15) is 18.5 Å². The number of hydrogen-bond acceptors (Lipinski definition) is 6. The first kappa shape index (κ1) is 21.5. The summed E-state index contributed by atoms with van der Waals surface area (Å²) in [5, 5.41) is 10.5. The van der Waals surface area contributed by atoms with Crippen molar-refractivity contribution in [2.45, 2.75) is 4.90 Å². The Balaban J connectivity index is 0. The number of rotatable bonds is 6. The fourth-order valence-corrected chi connectivity index (χ4v) is 1.82. The average Bonchev–Trinajstić information content (AvgIpc) is 2.28. The second-order valence-electron chi connectivity index (χ2n) is 3.20. The molecule has 20 heavy (non-hydrogen) atoms. The molecule has 0 aliphatic heterocycles. The molecule has 0 radical (unpaired) electrons. The van der Waals surface area contributed by atoms with Gasteiger partial charge in [-0.15, -0.1) is 0 Å². The van der Waals surface area contributed by atoms with E-state index in [0.29, 0.717) is 0 Å². The van der Waals surface area contributed by atoms with Crippen LogP contribution in [0.2, 0.25) is 0 Å². The molecular formula is C9H14NNaO8S. The molecule has 110 valence electrons. The number of nitrogens with zero attached hydrogens (tertiary/aromatic N) is 1. The SMILES string of the molecule is COCCOc1ccc([N+](=O)[O-])cc1S(=O)(=O)O.O.[NaH]. The molecule has 0 saturated carbocycles. The van der Waals surface area contributed by atoms with Crippen LogP contribution < -0.4 is 4.74 Å². The van der Waals surface area contributed by atoms with E-state index in [-0.39, 0.29) is 54.0 Å². The van der Waals surface area contributed by atoms with Crippen molar-refractivity contribution in [3.63, 3.8) is 0 Å². The van der Waals surface area contributed by atoms with E-state index in [2.05, 4.69) is 0 Å². The number of ether oxygens (including phenoxy) is 2. The third-order valence-corrected chi connectivity index (χ3v) is 2.84. The fraction of sp³-hybridized carbons (Fsp3) is 0.333. The predicted octanol–water partition coefficient (Wildman–Crippen LogP) is -0.606. The summed E-state index contributed by atoms with van der Waals surface area (Å²) in [6, 6.07) is 2.92. The van der Waals surface area contributed by atoms with Crippen molar-refractivity contribution in [1.82, 2.24) is 0 Å². The molecule has 0 unspecified atom stereocenters. The van der Waals surface area contributed by atoms with Gasteiger partial charge >= 0.3 is 29.6 Å². The van der Waals surface area contributed by atoms with Crippen molar-refractivity contribution in [1.29, 1.82) is 0 Å². The first-order chi connectivity index (χ1) is 8.36. The first-order valence-electron chi connectivity index (χ1n) is 4.74. The number of benzene rings is 1. The molecule has 0 atom stereocenters. The van der Waals surface area contributed by atoms with Crippen molar-refractivity contribution in [3.8, 4) is 5.75 Å². The number of methoxy groups -OCH3 is 1. The van der Waals surface area contributed by atoms with Gasteiger partial charge in [-0.05, 0) is 6.07 Å². The number of non-ortho nitro benzene ring substituents is 1. The molecule has 0 bridgehead atoms. The maximum absolute atomic E-state index is 11.1. The van der Waals surface area contributed by atoms with Crippen LogP contribution in [0.1, 0.15) is 0 Å². The topological polar surface area (TPSA) is 147 Å². The zero-order chi connectivity index (χ0) is 13.8. The number of nitro benzene ring substituents is 1. The Morgan fingerprint density at radius 2 is 1.95 bits per heavy atom. The molecule has 0 heterocycles. The zero-order valence-corrected chi connectivity index (χ0v) is 10.7. The maximum atomic E-state index is 11.1. The third-order valence-electron chi connectivity index (χ3n) is 1.96. The van der Waals surface area contributed by atoms with Crippen LogP contribution in [-0.2, 0) is 14.9 Å². The van der Waals surface area contributed by atoms with Crippen molar-refractivity contribution in [2.75, 3.05) is 20.3 Å². The van der Waals surface area contributed by atoms with E-state index in [1.807, 2.05) is 0 Å². The van der Waals surface area contributed by atoms with Crippen LogP contribution in [0.4, 0.5) is 5.69 Å². The van der Waals surface area contributed by atoms with Gasteiger partial charge in [0, 0.05) is 19.2 Å². The molecular weight excluding hydrogens is 305 g/mol. The summed E-state index contributed by atoms with van der Waals surface area (Å²) < 4.78 is 40.9. The van der Waals surface area contributed by atoms with Crippen LogP contribution in [0.5, 0.6) is 5.75 Å². The van der Waals surface area contributed by atoms with Crippen molar-refractivity contribution in [3.05, 3.63) is 28.3 Å². The van der Waals surface area contributed by atoms with E-state index < -0.39 is 25.6 Å². The Bertz CT molecular complexity index is 547. The molecule has 0 saturated heterocycles. The number of nitro groups is 1. The van der Waals surface area contributed by atoms with Gasteiger partial charge in [-0.3, -0.25) is 14.7 Å². The van der Waals surface area contributed by atoms with Crippen LogP contribution in [0.25, 0.3) is 0 Å². The molecule has 0 aliphatic carbocycles. The summed E-state index contributed by atoms with van der Waals surface area (Å²) in [5.41, 5.74) is -0.457. The van der Waals surface area contributed by atoms with Gasteiger partial charge in [-0.2, -0.15) is 8.42 Å². The zero-order valence-electron chi connectivity index (χ0n) is 9.90. The second-order valence-corrected chi connectivity index (χ2v) is 4.59. The van der Waals surface area contributed by atoms with Crippen molar-refractivity contribution >= 4 is 45.4 Å². The van der Waals surface area contributed by atoms with Crippen LogP contribution in [0.15, 0.2) is 23.1 Å². The molecule has 9 nitrogen and oxygen atoms in total. The van der Waals surface area contributed by atoms with Gasteiger partial charge in [-0.1, -0.05) is 0 Å². The van der Waals surface area contributed by atoms with E-state index in [1.54, 1.807) is 0 Å². The second kappa shape index (κ2) is 9.23. The van der Waals surface area contributed by atoms with E-state index in [4.69, 9.17) is 14.0 Å². The first-order valence-corrected chi connectivity index (χ1v) is 6.18. The molecule has 1 aromatic carbocycles. The van der Waals surface area contributed by atoms with Gasteiger partial charge < -0.3 is 14.9 Å². The standard InChI is InChI=1S/C9H11NO7S.Na.H2O.H/c1-16-4-5-17-8-3-2-7(10(11)12)6-9(8)18(13,14)15;;;/h2-3,6H,4-5H2,1H3,(H,13,14,15);;1H2;. The summed E-state index contributed by atoms with van der Waals surface area (Å²) in [6.45, 7) is 0.263. The number of hydrogen-bond donors (Lipinski definition) is 1. The molecule has 0 spiro atoms. The van der Waals surface area contributed by atoms with Gasteiger partial charge in [0.2, 0.25) is 0 Å². The van der Waals surface area contributed by atoms with E-state index in [0.717, 1.165) is 18.2 Å². The normalized spacial score (nSPS) is 10.1. The molecule has 1 rings (SSSR count). The molecule has 3 N–H and O–H groups in total. The summed E-state index contributed by atoms with van der Waals surface area (Å²) in [7, 11) is -3.16. The van der Waals surface area contributed by atoms with Crippen molar-refractivity contribution < 1.29 is 32.8 Å². The molecule has 1 aromatic rings. The molecule has 0 aromatic heterocycles. The monoisotopic (exact) mass is 319 g/mol. The Kier molecular flexibility index (Phi) is 9.95. The van der Waals surface area contributed by atoms with Gasteiger partial charge in [0.25, 0.3) is 15.8 Å². The predicted molar refractivity (Wildman–Crippen MR) is 71.0 cm³/mol. The molecule has 0 amide bonds. The van der Waals surface area contributed by atoms with Crippen LogP contribution in [-0.4, -0.2) is 73.3 Å². The van der Waals surface area contributed by atoms with Gasteiger partial charge in [0.05, 0.1) is 11.5 Å². The summed E-state index contributed by atoms with van der Waals surface area (Å²) in [5.74, 6) is -0.167. The van der Waals surface area contributed by atoms with E-state index in [1.165, 1.54) is 7.11 Å². The van der Waals surface area contributed by atoms with Crippen LogP contribution >= 0.6 is 0 Å². The average molecular weight is 319 g/mol. The van der Waals surface area contributed by atoms with Gasteiger partial charge in [-0.25, -0.2) is 0 Å². The van der Waals surface area contributed by atoms with E-state index >= 15 is 0 Å². The van der Waals surface area contributed by atoms with Gasteiger partial charge in [0.1, 0.15) is 17.3 Å². The molecule has 0 aliphatic rings. The molecule has 0 fully saturated rings. The Morgan fingerprint density at radius 1 is 1.35 bits per heavy atom. The Morgan fingerprint density at radius 3 is 2.40 bits per heavy atom.